The number of nitrogens with one attached hydrogen (secondary N) is 1. The van der Waals surface area contributed by atoms with Gasteiger partial charge in [-0.25, -0.2) is 0 Å². The van der Waals surface area contributed by atoms with Crippen molar-refractivity contribution in [3.63, 3.8) is 0 Å². The SMILES string of the molecule is C=C(C)C[C@H](NC(=O)CC1CCCC1)C(N)=O. The first-order valence-corrected chi connectivity index (χ1v) is 6.22. The van der Waals surface area contributed by atoms with Gasteiger partial charge >= 0.3 is 0 Å². The van der Waals surface area contributed by atoms with Crippen molar-refractivity contribution < 1.29 is 9.59 Å². The molecule has 4 heteroatoms. The van der Waals surface area contributed by atoms with Gasteiger partial charge in [0.25, 0.3) is 0 Å². The molecule has 0 radical (unpaired) electrons. The fourth-order valence-corrected chi connectivity index (χ4v) is 2.30. The molecule has 96 valence electrons. The summed E-state index contributed by atoms with van der Waals surface area (Å²) in [6.07, 6.45) is 5.60. The lowest BCUT2D eigenvalue weighted by Gasteiger charge is -2.16. The second-order valence-electron chi connectivity index (χ2n) is 5.04. The number of carbonyl (C=O) groups excluding carboxylic acids is 2. The molecule has 1 rings (SSSR count). The molecule has 1 aliphatic carbocycles. The topological polar surface area (TPSA) is 72.2 Å². The highest BCUT2D eigenvalue weighted by Crippen LogP contribution is 2.27. The summed E-state index contributed by atoms with van der Waals surface area (Å²) in [4.78, 5) is 22.9. The lowest BCUT2D eigenvalue weighted by molar-refractivity contribution is -0.127. The van der Waals surface area contributed by atoms with E-state index in [2.05, 4.69) is 11.9 Å². The van der Waals surface area contributed by atoms with Crippen LogP contribution < -0.4 is 11.1 Å². The maximum absolute atomic E-state index is 11.7. The van der Waals surface area contributed by atoms with Gasteiger partial charge in [-0.1, -0.05) is 18.4 Å². The number of hydrogen-bond donors (Lipinski definition) is 2. The Morgan fingerprint density at radius 2 is 2.00 bits per heavy atom. The molecular weight excluding hydrogens is 216 g/mol. The van der Waals surface area contributed by atoms with Gasteiger partial charge < -0.3 is 11.1 Å². The highest BCUT2D eigenvalue weighted by atomic mass is 16.2. The molecule has 0 aromatic carbocycles. The first-order chi connectivity index (χ1) is 7.99. The second kappa shape index (κ2) is 6.42. The number of amides is 2. The van der Waals surface area contributed by atoms with Gasteiger partial charge in [-0.15, -0.1) is 6.58 Å². The van der Waals surface area contributed by atoms with Gasteiger partial charge in [-0.3, -0.25) is 9.59 Å². The van der Waals surface area contributed by atoms with Crippen molar-refractivity contribution in [3.8, 4) is 0 Å². The highest BCUT2D eigenvalue weighted by molar-refractivity contribution is 5.86. The fourth-order valence-electron chi connectivity index (χ4n) is 2.30. The Morgan fingerprint density at radius 3 is 2.47 bits per heavy atom. The largest absolute Gasteiger partial charge is 0.368 e. The first-order valence-electron chi connectivity index (χ1n) is 6.22. The number of nitrogens with two attached hydrogens (primary N) is 1. The Hall–Kier alpha value is -1.32. The van der Waals surface area contributed by atoms with Crippen LogP contribution in [0.4, 0.5) is 0 Å². The van der Waals surface area contributed by atoms with Crippen LogP contribution in [0.3, 0.4) is 0 Å². The van der Waals surface area contributed by atoms with Gasteiger partial charge in [0.2, 0.25) is 11.8 Å². The number of hydrogen-bond acceptors (Lipinski definition) is 2. The molecular formula is C13H22N2O2. The van der Waals surface area contributed by atoms with Crippen LogP contribution in [0.15, 0.2) is 12.2 Å². The van der Waals surface area contributed by atoms with E-state index in [0.717, 1.165) is 18.4 Å². The molecule has 0 saturated heterocycles. The molecule has 1 saturated carbocycles. The van der Waals surface area contributed by atoms with E-state index in [9.17, 15) is 9.59 Å². The molecule has 0 bridgehead atoms. The fraction of sp³-hybridized carbons (Fsp3) is 0.692. The van der Waals surface area contributed by atoms with Gasteiger partial charge in [0.1, 0.15) is 6.04 Å². The summed E-state index contributed by atoms with van der Waals surface area (Å²) >= 11 is 0. The lowest BCUT2D eigenvalue weighted by atomic mass is 10.0. The summed E-state index contributed by atoms with van der Waals surface area (Å²) in [5.74, 6) is -0.0805. The Labute approximate surface area is 103 Å². The Morgan fingerprint density at radius 1 is 1.41 bits per heavy atom. The monoisotopic (exact) mass is 238 g/mol. The molecule has 1 atom stereocenters. The van der Waals surface area contributed by atoms with Crippen LogP contribution in [0.25, 0.3) is 0 Å². The zero-order valence-corrected chi connectivity index (χ0v) is 10.5. The smallest absolute Gasteiger partial charge is 0.240 e. The molecule has 0 aromatic heterocycles. The van der Waals surface area contributed by atoms with Gasteiger partial charge in [0.15, 0.2) is 0 Å². The minimum atomic E-state index is -0.610. The van der Waals surface area contributed by atoms with Gasteiger partial charge in [0.05, 0.1) is 0 Å². The van der Waals surface area contributed by atoms with Gasteiger partial charge in [-0.2, -0.15) is 0 Å². The molecule has 17 heavy (non-hydrogen) atoms. The van der Waals surface area contributed by atoms with Crippen molar-refractivity contribution in [1.82, 2.24) is 5.32 Å². The van der Waals surface area contributed by atoms with Crippen molar-refractivity contribution in [2.24, 2.45) is 11.7 Å². The molecule has 0 aliphatic heterocycles. The van der Waals surface area contributed by atoms with E-state index < -0.39 is 11.9 Å². The molecule has 1 fully saturated rings. The normalized spacial score (nSPS) is 17.7. The van der Waals surface area contributed by atoms with Crippen molar-refractivity contribution in [1.29, 1.82) is 0 Å². The van der Waals surface area contributed by atoms with Crippen LogP contribution in [0, 0.1) is 5.92 Å². The van der Waals surface area contributed by atoms with E-state index in [4.69, 9.17) is 5.73 Å². The Kier molecular flexibility index (Phi) is 5.19. The average molecular weight is 238 g/mol. The van der Waals surface area contributed by atoms with Crippen molar-refractivity contribution in [2.45, 2.75) is 51.5 Å². The van der Waals surface area contributed by atoms with E-state index in [0.29, 0.717) is 18.8 Å². The van der Waals surface area contributed by atoms with Crippen LogP contribution in [0.2, 0.25) is 0 Å². The Bertz CT molecular complexity index is 307. The number of primary amides is 1. The van der Waals surface area contributed by atoms with E-state index >= 15 is 0 Å². The number of rotatable bonds is 6. The first kappa shape index (κ1) is 13.7. The molecule has 0 unspecified atom stereocenters. The molecule has 0 heterocycles. The van der Waals surface area contributed by atoms with Crippen molar-refractivity contribution in [2.75, 3.05) is 0 Å². The Balaban J connectivity index is 2.40. The van der Waals surface area contributed by atoms with E-state index in [-0.39, 0.29) is 5.91 Å². The summed E-state index contributed by atoms with van der Waals surface area (Å²) < 4.78 is 0. The standard InChI is InChI=1S/C13H22N2O2/c1-9(2)7-11(13(14)17)15-12(16)8-10-5-3-4-6-10/h10-11H,1,3-8H2,2H3,(H2,14,17)(H,15,16)/t11-/m0/s1. The van der Waals surface area contributed by atoms with Gasteiger partial charge in [0, 0.05) is 6.42 Å². The minimum absolute atomic E-state index is 0.0676. The summed E-state index contributed by atoms with van der Waals surface area (Å²) in [6.45, 7) is 5.55. The molecule has 1 aliphatic rings. The third-order valence-corrected chi connectivity index (χ3v) is 3.18. The molecule has 2 amide bonds. The van der Waals surface area contributed by atoms with Gasteiger partial charge in [-0.05, 0) is 32.1 Å². The number of carbonyl (C=O) groups is 2. The quantitative estimate of drug-likeness (QED) is 0.688. The molecule has 0 spiro atoms. The summed E-state index contributed by atoms with van der Waals surface area (Å²) in [7, 11) is 0. The third-order valence-electron chi connectivity index (χ3n) is 3.18. The third kappa shape index (κ3) is 5.02. The van der Waals surface area contributed by atoms with Crippen LogP contribution in [0.1, 0.15) is 45.4 Å². The summed E-state index contributed by atoms with van der Waals surface area (Å²) in [5.41, 5.74) is 6.09. The highest BCUT2D eigenvalue weighted by Gasteiger charge is 2.22. The molecule has 3 N–H and O–H groups in total. The van der Waals surface area contributed by atoms with Crippen molar-refractivity contribution in [3.05, 3.63) is 12.2 Å². The van der Waals surface area contributed by atoms with Crippen LogP contribution in [-0.4, -0.2) is 17.9 Å². The van der Waals surface area contributed by atoms with Crippen LogP contribution in [-0.2, 0) is 9.59 Å². The van der Waals surface area contributed by atoms with Crippen LogP contribution >= 0.6 is 0 Å². The molecule has 0 aromatic rings. The maximum atomic E-state index is 11.7. The van der Waals surface area contributed by atoms with E-state index in [1.807, 2.05) is 6.92 Å². The summed E-state index contributed by atoms with van der Waals surface area (Å²) in [6, 6.07) is -0.610. The van der Waals surface area contributed by atoms with E-state index in [1.165, 1.54) is 12.8 Å². The average Bonchev–Trinajstić information content (AvgIpc) is 2.68. The minimum Gasteiger partial charge on any atom is -0.368 e. The van der Waals surface area contributed by atoms with E-state index in [1.54, 1.807) is 0 Å². The predicted molar refractivity (Wildman–Crippen MR) is 67.1 cm³/mol. The molecule has 4 nitrogen and oxygen atoms in total. The zero-order chi connectivity index (χ0) is 12.8. The second-order valence-corrected chi connectivity index (χ2v) is 5.04. The zero-order valence-electron chi connectivity index (χ0n) is 10.5. The van der Waals surface area contributed by atoms with Crippen molar-refractivity contribution >= 4 is 11.8 Å². The lowest BCUT2D eigenvalue weighted by Crippen LogP contribution is -2.44. The van der Waals surface area contributed by atoms with Crippen LogP contribution in [0.5, 0.6) is 0 Å². The summed E-state index contributed by atoms with van der Waals surface area (Å²) in [5, 5.41) is 2.70. The predicted octanol–water partition coefficient (Wildman–Crippen LogP) is 1.50. The maximum Gasteiger partial charge on any atom is 0.240 e.